The lowest BCUT2D eigenvalue weighted by atomic mass is 10.1. The fraction of sp³-hybridized carbons (Fsp3) is 0.312. The predicted molar refractivity (Wildman–Crippen MR) is 81.0 cm³/mol. The molecular weight excluding hydrogens is 250 g/mol. The van der Waals surface area contributed by atoms with Gasteiger partial charge >= 0.3 is 0 Å². The molecule has 4 nitrogen and oxygen atoms in total. The molecule has 0 aliphatic rings. The Morgan fingerprint density at radius 2 is 2.25 bits per heavy atom. The van der Waals surface area contributed by atoms with Crippen molar-refractivity contribution in [3.05, 3.63) is 36.9 Å². The second-order valence-electron chi connectivity index (χ2n) is 4.94. The van der Waals surface area contributed by atoms with E-state index in [0.717, 1.165) is 29.9 Å². The van der Waals surface area contributed by atoms with Crippen LogP contribution in [0.5, 0.6) is 5.75 Å². The maximum absolute atomic E-state index is 5.32. The van der Waals surface area contributed by atoms with Crippen molar-refractivity contribution >= 4 is 10.9 Å². The summed E-state index contributed by atoms with van der Waals surface area (Å²) in [5.41, 5.74) is 3.44. The van der Waals surface area contributed by atoms with E-state index in [1.165, 1.54) is 17.4 Å². The minimum absolute atomic E-state index is 0.873. The number of imidazole rings is 1. The maximum Gasteiger partial charge on any atom is 0.119 e. The number of H-pyrrole nitrogens is 1. The number of hydrogen-bond acceptors (Lipinski definition) is 2. The van der Waals surface area contributed by atoms with Crippen LogP contribution in [0.15, 0.2) is 36.9 Å². The van der Waals surface area contributed by atoms with Crippen molar-refractivity contribution < 1.29 is 4.74 Å². The van der Waals surface area contributed by atoms with Gasteiger partial charge in [-0.1, -0.05) is 13.3 Å². The number of aryl methyl sites for hydroxylation is 1. The average molecular weight is 269 g/mol. The number of hydrogen-bond donors (Lipinski definition) is 1. The lowest BCUT2D eigenvalue weighted by Gasteiger charge is -2.07. The molecule has 1 N–H and O–H groups in total. The first-order chi connectivity index (χ1) is 9.83. The standard InChI is InChI=1S/C16H19N3O/c1-3-4-7-19-11-17-10-16(19)14-9-18-15-6-5-12(20-2)8-13(14)15/h5-6,8-11,18H,3-4,7H2,1-2H3. The Morgan fingerprint density at radius 1 is 1.35 bits per heavy atom. The van der Waals surface area contributed by atoms with E-state index in [4.69, 9.17) is 4.74 Å². The Balaban J connectivity index is 2.07. The summed E-state index contributed by atoms with van der Waals surface area (Å²) < 4.78 is 7.54. The number of rotatable bonds is 5. The van der Waals surface area contributed by atoms with Crippen LogP contribution in [0.2, 0.25) is 0 Å². The van der Waals surface area contributed by atoms with Gasteiger partial charge in [-0.25, -0.2) is 4.98 Å². The largest absolute Gasteiger partial charge is 0.497 e. The van der Waals surface area contributed by atoms with Crippen LogP contribution in [-0.2, 0) is 6.54 Å². The van der Waals surface area contributed by atoms with Gasteiger partial charge < -0.3 is 14.3 Å². The quantitative estimate of drug-likeness (QED) is 0.764. The highest BCUT2D eigenvalue weighted by molar-refractivity contribution is 5.95. The van der Waals surface area contributed by atoms with E-state index in [1.54, 1.807) is 7.11 Å². The van der Waals surface area contributed by atoms with Gasteiger partial charge in [0.2, 0.25) is 0 Å². The van der Waals surface area contributed by atoms with E-state index < -0.39 is 0 Å². The Morgan fingerprint density at radius 3 is 3.05 bits per heavy atom. The average Bonchev–Trinajstić information content (AvgIpc) is 3.10. The highest BCUT2D eigenvalue weighted by atomic mass is 16.5. The molecule has 3 rings (SSSR count). The molecule has 0 atom stereocenters. The molecule has 0 aliphatic heterocycles. The molecule has 0 saturated heterocycles. The van der Waals surface area contributed by atoms with Gasteiger partial charge in [0.25, 0.3) is 0 Å². The van der Waals surface area contributed by atoms with Gasteiger partial charge in [0.05, 0.1) is 25.3 Å². The first-order valence-corrected chi connectivity index (χ1v) is 6.99. The Bertz CT molecular complexity index is 711. The summed E-state index contributed by atoms with van der Waals surface area (Å²) >= 11 is 0. The van der Waals surface area contributed by atoms with Crippen LogP contribution in [0.4, 0.5) is 0 Å². The third kappa shape index (κ3) is 2.18. The summed E-state index contributed by atoms with van der Waals surface area (Å²) in [6.07, 6.45) is 8.22. The van der Waals surface area contributed by atoms with Crippen molar-refractivity contribution in [2.24, 2.45) is 0 Å². The van der Waals surface area contributed by atoms with Gasteiger partial charge in [-0.2, -0.15) is 0 Å². The van der Waals surface area contributed by atoms with Crippen LogP contribution in [0.1, 0.15) is 19.8 Å². The number of unbranched alkanes of at least 4 members (excludes halogenated alkanes) is 1. The maximum atomic E-state index is 5.32. The third-order valence-electron chi connectivity index (χ3n) is 3.63. The van der Waals surface area contributed by atoms with Crippen LogP contribution in [0, 0.1) is 0 Å². The van der Waals surface area contributed by atoms with E-state index in [1.807, 2.05) is 30.9 Å². The summed E-state index contributed by atoms with van der Waals surface area (Å²) in [5, 5.41) is 1.17. The van der Waals surface area contributed by atoms with Crippen molar-refractivity contribution in [1.29, 1.82) is 0 Å². The van der Waals surface area contributed by atoms with Crippen LogP contribution >= 0.6 is 0 Å². The van der Waals surface area contributed by atoms with Crippen LogP contribution < -0.4 is 4.74 Å². The van der Waals surface area contributed by atoms with Gasteiger partial charge in [-0.05, 0) is 24.6 Å². The SMILES string of the molecule is CCCCn1cncc1-c1c[nH]c2ccc(OC)cc12. The van der Waals surface area contributed by atoms with Gasteiger partial charge in [0.1, 0.15) is 5.75 Å². The molecule has 4 heteroatoms. The molecule has 20 heavy (non-hydrogen) atoms. The molecule has 0 fully saturated rings. The van der Waals surface area contributed by atoms with Crippen molar-refractivity contribution in [1.82, 2.24) is 14.5 Å². The number of aromatic nitrogens is 3. The third-order valence-corrected chi connectivity index (χ3v) is 3.63. The molecular formula is C16H19N3O. The Hall–Kier alpha value is -2.23. The highest BCUT2D eigenvalue weighted by Crippen LogP contribution is 2.31. The predicted octanol–water partition coefficient (Wildman–Crippen LogP) is 3.84. The summed E-state index contributed by atoms with van der Waals surface area (Å²) in [6, 6.07) is 6.08. The summed E-state index contributed by atoms with van der Waals surface area (Å²) in [4.78, 5) is 7.61. The first kappa shape index (κ1) is 12.8. The number of ether oxygens (including phenoxy) is 1. The first-order valence-electron chi connectivity index (χ1n) is 6.99. The molecule has 1 aromatic carbocycles. The molecule has 0 unspecified atom stereocenters. The Labute approximate surface area is 118 Å². The Kier molecular flexibility index (Phi) is 3.46. The molecule has 0 amide bonds. The van der Waals surface area contributed by atoms with E-state index in [-0.39, 0.29) is 0 Å². The van der Waals surface area contributed by atoms with Crippen molar-refractivity contribution in [3.8, 4) is 17.0 Å². The fourth-order valence-corrected chi connectivity index (χ4v) is 2.49. The number of methoxy groups -OCH3 is 1. The fourth-order valence-electron chi connectivity index (χ4n) is 2.49. The number of fused-ring (bicyclic) bond motifs is 1. The molecule has 0 spiro atoms. The van der Waals surface area contributed by atoms with E-state index in [0.29, 0.717) is 0 Å². The molecule has 0 radical (unpaired) electrons. The zero-order valence-electron chi connectivity index (χ0n) is 11.9. The molecule has 104 valence electrons. The van der Waals surface area contributed by atoms with Crippen molar-refractivity contribution in [3.63, 3.8) is 0 Å². The van der Waals surface area contributed by atoms with Crippen LogP contribution in [-0.4, -0.2) is 21.6 Å². The van der Waals surface area contributed by atoms with Crippen LogP contribution in [0.25, 0.3) is 22.2 Å². The molecule has 0 saturated carbocycles. The molecule has 0 bridgehead atoms. The van der Waals surface area contributed by atoms with E-state index in [9.17, 15) is 0 Å². The highest BCUT2D eigenvalue weighted by Gasteiger charge is 2.11. The van der Waals surface area contributed by atoms with Crippen molar-refractivity contribution in [2.75, 3.05) is 7.11 Å². The lowest BCUT2D eigenvalue weighted by Crippen LogP contribution is -1.97. The molecule has 0 aliphatic carbocycles. The number of nitrogens with zero attached hydrogens (tertiary/aromatic N) is 2. The minimum atomic E-state index is 0.873. The normalized spacial score (nSPS) is 11.1. The second-order valence-corrected chi connectivity index (χ2v) is 4.94. The number of nitrogens with one attached hydrogen (secondary N) is 1. The molecule has 3 aromatic rings. The lowest BCUT2D eigenvalue weighted by molar-refractivity contribution is 0.415. The summed E-state index contributed by atoms with van der Waals surface area (Å²) in [5.74, 6) is 0.873. The summed E-state index contributed by atoms with van der Waals surface area (Å²) in [7, 11) is 1.69. The van der Waals surface area contributed by atoms with E-state index >= 15 is 0 Å². The van der Waals surface area contributed by atoms with Crippen LogP contribution in [0.3, 0.4) is 0 Å². The van der Waals surface area contributed by atoms with Gasteiger partial charge in [-0.15, -0.1) is 0 Å². The second kappa shape index (κ2) is 5.41. The van der Waals surface area contributed by atoms with E-state index in [2.05, 4.69) is 27.5 Å². The van der Waals surface area contributed by atoms with Gasteiger partial charge in [0.15, 0.2) is 0 Å². The molecule has 2 aromatic heterocycles. The summed E-state index contributed by atoms with van der Waals surface area (Å²) in [6.45, 7) is 3.20. The van der Waals surface area contributed by atoms with Crippen molar-refractivity contribution in [2.45, 2.75) is 26.3 Å². The van der Waals surface area contributed by atoms with Gasteiger partial charge in [0, 0.05) is 29.2 Å². The zero-order chi connectivity index (χ0) is 13.9. The number of aromatic amines is 1. The monoisotopic (exact) mass is 269 g/mol. The minimum Gasteiger partial charge on any atom is -0.497 e. The zero-order valence-corrected chi connectivity index (χ0v) is 11.9. The molecule has 2 heterocycles. The smallest absolute Gasteiger partial charge is 0.119 e. The topological polar surface area (TPSA) is 42.8 Å². The number of benzene rings is 1. The van der Waals surface area contributed by atoms with Gasteiger partial charge in [-0.3, -0.25) is 0 Å².